The van der Waals surface area contributed by atoms with Gasteiger partial charge in [0, 0.05) is 23.8 Å². The summed E-state index contributed by atoms with van der Waals surface area (Å²) < 4.78 is 9.07. The number of pyridine rings is 1. The standard InChI is InChI=1S/C21H21ClN6O2/c1-13-10-14(2)24-20-19(13)21(26-27(20)3)30-12-18(29)25-17-8-9-23-28(17)11-15-4-6-16(22)7-5-15/h4-10H,11-12H2,1-3H3,(H,25,29). The van der Waals surface area contributed by atoms with E-state index in [4.69, 9.17) is 16.3 Å². The number of aromatic nitrogens is 5. The van der Waals surface area contributed by atoms with E-state index in [0.717, 1.165) is 27.9 Å². The molecule has 4 rings (SSSR count). The summed E-state index contributed by atoms with van der Waals surface area (Å²) in [6, 6.07) is 11.2. The van der Waals surface area contributed by atoms with Crippen LogP contribution in [0.2, 0.25) is 5.02 Å². The van der Waals surface area contributed by atoms with Crippen LogP contribution < -0.4 is 10.1 Å². The van der Waals surface area contributed by atoms with Gasteiger partial charge in [0.2, 0.25) is 5.88 Å². The number of rotatable bonds is 6. The molecule has 0 unspecified atom stereocenters. The number of hydrogen-bond donors (Lipinski definition) is 1. The van der Waals surface area contributed by atoms with E-state index < -0.39 is 0 Å². The SMILES string of the molecule is Cc1cc(C)c2c(OCC(=O)Nc3ccnn3Cc3ccc(Cl)cc3)nn(C)c2n1. The number of carbonyl (C=O) groups excluding carboxylic acids is 1. The molecule has 3 heterocycles. The molecule has 8 nitrogen and oxygen atoms in total. The van der Waals surface area contributed by atoms with Crippen molar-refractivity contribution < 1.29 is 9.53 Å². The van der Waals surface area contributed by atoms with Gasteiger partial charge >= 0.3 is 0 Å². The molecule has 1 aromatic carbocycles. The molecule has 0 atom stereocenters. The molecule has 4 aromatic rings. The molecule has 0 radical (unpaired) electrons. The second kappa shape index (κ2) is 8.16. The molecule has 154 valence electrons. The van der Waals surface area contributed by atoms with Crippen molar-refractivity contribution in [1.82, 2.24) is 24.5 Å². The second-order valence-corrected chi connectivity index (χ2v) is 7.48. The van der Waals surface area contributed by atoms with Crippen LogP contribution in [0.3, 0.4) is 0 Å². The molecule has 0 aliphatic heterocycles. The van der Waals surface area contributed by atoms with Crippen molar-refractivity contribution in [1.29, 1.82) is 0 Å². The Morgan fingerprint density at radius 1 is 1.20 bits per heavy atom. The van der Waals surface area contributed by atoms with E-state index in [2.05, 4.69) is 20.5 Å². The van der Waals surface area contributed by atoms with Gasteiger partial charge in [-0.25, -0.2) is 14.3 Å². The Hall–Kier alpha value is -3.39. The molecule has 1 N–H and O–H groups in total. The summed E-state index contributed by atoms with van der Waals surface area (Å²) in [5.41, 5.74) is 3.65. The van der Waals surface area contributed by atoms with Gasteiger partial charge in [-0.3, -0.25) is 4.79 Å². The Bertz CT molecular complexity index is 1210. The van der Waals surface area contributed by atoms with Crippen LogP contribution >= 0.6 is 11.6 Å². The highest BCUT2D eigenvalue weighted by Crippen LogP contribution is 2.27. The fourth-order valence-electron chi connectivity index (χ4n) is 3.29. The molecule has 0 saturated carbocycles. The van der Waals surface area contributed by atoms with Crippen LogP contribution in [0, 0.1) is 13.8 Å². The van der Waals surface area contributed by atoms with Crippen LogP contribution in [0.15, 0.2) is 42.6 Å². The average Bonchev–Trinajstić information content (AvgIpc) is 3.26. The van der Waals surface area contributed by atoms with Crippen molar-refractivity contribution in [2.75, 3.05) is 11.9 Å². The number of anilines is 1. The summed E-state index contributed by atoms with van der Waals surface area (Å²) >= 11 is 5.93. The third-order valence-electron chi connectivity index (χ3n) is 4.66. The molecule has 0 saturated heterocycles. The van der Waals surface area contributed by atoms with Crippen LogP contribution in [-0.2, 0) is 18.4 Å². The third kappa shape index (κ3) is 4.13. The minimum atomic E-state index is -0.301. The topological polar surface area (TPSA) is 86.9 Å². The van der Waals surface area contributed by atoms with Crippen LogP contribution in [0.4, 0.5) is 5.82 Å². The Morgan fingerprint density at radius 3 is 2.73 bits per heavy atom. The lowest BCUT2D eigenvalue weighted by Crippen LogP contribution is -2.22. The maximum atomic E-state index is 12.5. The molecular weight excluding hydrogens is 404 g/mol. The lowest BCUT2D eigenvalue weighted by molar-refractivity contribution is -0.118. The first kappa shape index (κ1) is 19.9. The predicted octanol–water partition coefficient (Wildman–Crippen LogP) is 3.50. The number of halogens is 1. The Balaban J connectivity index is 1.44. The number of nitrogens with zero attached hydrogens (tertiary/aromatic N) is 5. The van der Waals surface area contributed by atoms with Crippen molar-refractivity contribution in [3.05, 3.63) is 64.4 Å². The minimum Gasteiger partial charge on any atom is -0.466 e. The molecule has 1 amide bonds. The van der Waals surface area contributed by atoms with Gasteiger partial charge < -0.3 is 10.1 Å². The van der Waals surface area contributed by atoms with E-state index in [-0.39, 0.29) is 12.5 Å². The molecule has 9 heteroatoms. The summed E-state index contributed by atoms with van der Waals surface area (Å²) in [6.07, 6.45) is 1.63. The number of benzene rings is 1. The molecule has 0 bridgehead atoms. The van der Waals surface area contributed by atoms with Gasteiger partial charge in [-0.1, -0.05) is 23.7 Å². The van der Waals surface area contributed by atoms with Gasteiger partial charge in [0.05, 0.1) is 18.1 Å². The summed E-state index contributed by atoms with van der Waals surface area (Å²) in [7, 11) is 1.80. The van der Waals surface area contributed by atoms with Crippen molar-refractivity contribution in [2.24, 2.45) is 7.05 Å². The first-order valence-electron chi connectivity index (χ1n) is 9.40. The molecule has 0 fully saturated rings. The number of fused-ring (bicyclic) bond motifs is 1. The van der Waals surface area contributed by atoms with Gasteiger partial charge in [-0.2, -0.15) is 5.10 Å². The van der Waals surface area contributed by atoms with E-state index in [1.54, 1.807) is 28.7 Å². The monoisotopic (exact) mass is 424 g/mol. The Labute approximate surface area is 178 Å². The average molecular weight is 425 g/mol. The van der Waals surface area contributed by atoms with Crippen molar-refractivity contribution in [3.63, 3.8) is 0 Å². The zero-order valence-electron chi connectivity index (χ0n) is 16.9. The van der Waals surface area contributed by atoms with Crippen LogP contribution in [0.5, 0.6) is 5.88 Å². The fourth-order valence-corrected chi connectivity index (χ4v) is 3.42. The molecule has 0 aliphatic carbocycles. The van der Waals surface area contributed by atoms with E-state index in [1.165, 1.54) is 0 Å². The van der Waals surface area contributed by atoms with Crippen LogP contribution in [-0.4, -0.2) is 37.1 Å². The van der Waals surface area contributed by atoms with Gasteiger partial charge in [0.15, 0.2) is 12.3 Å². The van der Waals surface area contributed by atoms with Crippen molar-refractivity contribution >= 4 is 34.4 Å². The fraction of sp³-hybridized carbons (Fsp3) is 0.238. The smallest absolute Gasteiger partial charge is 0.263 e. The number of carbonyl (C=O) groups is 1. The zero-order chi connectivity index (χ0) is 21.3. The molecule has 3 aromatic heterocycles. The molecular formula is C21H21ClN6O2. The van der Waals surface area contributed by atoms with Crippen molar-refractivity contribution in [2.45, 2.75) is 20.4 Å². The van der Waals surface area contributed by atoms with Gasteiger partial charge in [0.1, 0.15) is 5.82 Å². The van der Waals surface area contributed by atoms with Crippen LogP contribution in [0.1, 0.15) is 16.8 Å². The van der Waals surface area contributed by atoms with Gasteiger partial charge in [0.25, 0.3) is 5.91 Å². The van der Waals surface area contributed by atoms with E-state index in [0.29, 0.717) is 23.3 Å². The quantitative estimate of drug-likeness (QED) is 0.512. The Morgan fingerprint density at radius 2 is 1.97 bits per heavy atom. The van der Waals surface area contributed by atoms with E-state index in [1.807, 2.05) is 44.2 Å². The highest BCUT2D eigenvalue weighted by atomic mass is 35.5. The largest absolute Gasteiger partial charge is 0.466 e. The summed E-state index contributed by atoms with van der Waals surface area (Å²) in [6.45, 7) is 4.24. The van der Waals surface area contributed by atoms with E-state index >= 15 is 0 Å². The lowest BCUT2D eigenvalue weighted by atomic mass is 10.2. The Kier molecular flexibility index (Phi) is 5.41. The van der Waals surface area contributed by atoms with E-state index in [9.17, 15) is 4.79 Å². The number of nitrogens with one attached hydrogen (secondary N) is 1. The van der Waals surface area contributed by atoms with Gasteiger partial charge in [-0.15, -0.1) is 5.10 Å². The maximum absolute atomic E-state index is 12.5. The maximum Gasteiger partial charge on any atom is 0.263 e. The number of ether oxygens (including phenoxy) is 1. The van der Waals surface area contributed by atoms with Gasteiger partial charge in [-0.05, 0) is 43.2 Å². The summed E-state index contributed by atoms with van der Waals surface area (Å²) in [4.78, 5) is 17.0. The highest BCUT2D eigenvalue weighted by molar-refractivity contribution is 6.30. The highest BCUT2D eigenvalue weighted by Gasteiger charge is 2.16. The number of amides is 1. The second-order valence-electron chi connectivity index (χ2n) is 7.05. The first-order chi connectivity index (χ1) is 14.4. The zero-order valence-corrected chi connectivity index (χ0v) is 17.6. The molecule has 30 heavy (non-hydrogen) atoms. The van der Waals surface area contributed by atoms with Crippen LogP contribution in [0.25, 0.3) is 11.0 Å². The number of hydrogen-bond acceptors (Lipinski definition) is 5. The predicted molar refractivity (Wildman–Crippen MR) is 115 cm³/mol. The first-order valence-corrected chi connectivity index (χ1v) is 9.78. The molecule has 0 spiro atoms. The lowest BCUT2D eigenvalue weighted by Gasteiger charge is -2.10. The number of aryl methyl sites for hydroxylation is 3. The third-order valence-corrected chi connectivity index (χ3v) is 4.91. The summed E-state index contributed by atoms with van der Waals surface area (Å²) in [5.74, 6) is 0.671. The van der Waals surface area contributed by atoms with Crippen molar-refractivity contribution in [3.8, 4) is 5.88 Å². The minimum absolute atomic E-state index is 0.175. The normalized spacial score (nSPS) is 11.1. The summed E-state index contributed by atoms with van der Waals surface area (Å²) in [5, 5.41) is 13.0. The molecule has 0 aliphatic rings.